The molecule has 0 aliphatic heterocycles. The molecule has 0 fully saturated rings. The normalized spacial score (nSPS) is 11.6. The summed E-state index contributed by atoms with van der Waals surface area (Å²) in [5.74, 6) is -3.27. The number of aliphatic carboxylic acids is 1. The van der Waals surface area contributed by atoms with E-state index in [4.69, 9.17) is 15.6 Å². The minimum Gasteiger partial charge on any atom is -0.479 e. The molecule has 0 aliphatic rings. The smallest absolute Gasteiger partial charge is 0.347 e. The number of pyridine rings is 1. The van der Waals surface area contributed by atoms with E-state index in [1.807, 2.05) is 19.2 Å². The number of carbonyl (C=O) groups excluding carboxylic acids is 2. The number of carbonyl (C=O) groups is 3. The van der Waals surface area contributed by atoms with Crippen LogP contribution in [0.4, 0.5) is 5.69 Å². The molecule has 8 nitrogen and oxygen atoms in total. The van der Waals surface area contributed by atoms with Gasteiger partial charge in [0.15, 0.2) is 0 Å². The maximum atomic E-state index is 12.0. The molecule has 1 aromatic heterocycles. The van der Waals surface area contributed by atoms with Gasteiger partial charge < -0.3 is 20.9 Å². The van der Waals surface area contributed by atoms with Gasteiger partial charge in [-0.05, 0) is 18.4 Å². The summed E-state index contributed by atoms with van der Waals surface area (Å²) in [6.07, 6.45) is 2.49. The highest BCUT2D eigenvalue weighted by Gasteiger charge is 2.30. The molecule has 1 amide bonds. The van der Waals surface area contributed by atoms with Crippen molar-refractivity contribution in [3.05, 3.63) is 17.3 Å². The lowest BCUT2D eigenvalue weighted by molar-refractivity contribution is -0.151. The van der Waals surface area contributed by atoms with Gasteiger partial charge in [-0.25, -0.2) is 14.6 Å². The predicted molar refractivity (Wildman–Crippen MR) is 78.3 cm³/mol. The second-order valence-corrected chi connectivity index (χ2v) is 4.58. The summed E-state index contributed by atoms with van der Waals surface area (Å²) in [4.78, 5) is 37.9. The zero-order valence-corrected chi connectivity index (χ0v) is 12.7. The van der Waals surface area contributed by atoms with Crippen molar-refractivity contribution >= 4 is 23.5 Å². The number of carboxylic acid groups (broad SMARTS) is 1. The Morgan fingerprint density at radius 3 is 2.36 bits per heavy atom. The van der Waals surface area contributed by atoms with Gasteiger partial charge in [0.1, 0.15) is 0 Å². The molecular formula is C14H19N3O5. The van der Waals surface area contributed by atoms with Gasteiger partial charge in [-0.1, -0.05) is 13.8 Å². The van der Waals surface area contributed by atoms with Gasteiger partial charge in [0, 0.05) is 12.5 Å². The molecule has 0 saturated heterocycles. The molecule has 4 N–H and O–H groups in total. The number of anilines is 1. The fraction of sp³-hybridized carbons (Fsp3) is 0.429. The van der Waals surface area contributed by atoms with E-state index in [0.29, 0.717) is 24.1 Å². The average molecular weight is 309 g/mol. The van der Waals surface area contributed by atoms with Crippen LogP contribution in [-0.2, 0) is 27.2 Å². The molecule has 22 heavy (non-hydrogen) atoms. The standard InChI is InChI=1S/C14H19N3O5/c1-4-8-9(5-2)12(16-6-10(8)15)22-14(21)11(13(19)20)17-7(3)18/h6,11H,4-5,15H2,1-3H3,(H,17,18)(H,19,20). The Kier molecular flexibility index (Phi) is 5.85. The Balaban J connectivity index is 3.10. The number of hydrogen-bond donors (Lipinski definition) is 3. The maximum Gasteiger partial charge on any atom is 0.347 e. The number of esters is 1. The maximum absolute atomic E-state index is 12.0. The van der Waals surface area contributed by atoms with Crippen molar-refractivity contribution in [3.63, 3.8) is 0 Å². The van der Waals surface area contributed by atoms with Gasteiger partial charge in [-0.15, -0.1) is 0 Å². The lowest BCUT2D eigenvalue weighted by Gasteiger charge is -2.16. The summed E-state index contributed by atoms with van der Waals surface area (Å²) in [7, 11) is 0. The summed E-state index contributed by atoms with van der Waals surface area (Å²) >= 11 is 0. The number of nitrogens with two attached hydrogens (primary N) is 1. The number of nitrogens with zero attached hydrogens (tertiary/aromatic N) is 1. The van der Waals surface area contributed by atoms with Crippen molar-refractivity contribution in [3.8, 4) is 5.88 Å². The number of carboxylic acids is 1. The Hall–Kier alpha value is -2.64. The van der Waals surface area contributed by atoms with Crippen LogP contribution in [-0.4, -0.2) is 34.0 Å². The third-order valence-corrected chi connectivity index (χ3v) is 3.03. The van der Waals surface area contributed by atoms with E-state index in [1.54, 1.807) is 0 Å². The summed E-state index contributed by atoms with van der Waals surface area (Å²) in [6.45, 7) is 4.85. The summed E-state index contributed by atoms with van der Waals surface area (Å²) in [6, 6.07) is -1.79. The number of rotatable bonds is 6. The van der Waals surface area contributed by atoms with E-state index >= 15 is 0 Å². The number of amides is 1. The van der Waals surface area contributed by atoms with Crippen molar-refractivity contribution in [2.45, 2.75) is 39.7 Å². The first kappa shape index (κ1) is 17.4. The van der Waals surface area contributed by atoms with Crippen molar-refractivity contribution in [1.29, 1.82) is 0 Å². The van der Waals surface area contributed by atoms with Crippen molar-refractivity contribution < 1.29 is 24.2 Å². The zero-order chi connectivity index (χ0) is 16.9. The summed E-state index contributed by atoms with van der Waals surface area (Å²) < 4.78 is 5.06. The van der Waals surface area contributed by atoms with Crippen molar-refractivity contribution in [1.82, 2.24) is 10.3 Å². The highest BCUT2D eigenvalue weighted by molar-refractivity contribution is 6.02. The molecule has 1 aromatic rings. The SMILES string of the molecule is CCc1c(N)cnc(OC(=O)C(NC(C)=O)C(=O)O)c1CC. The molecule has 0 spiro atoms. The first-order valence-corrected chi connectivity index (χ1v) is 6.79. The number of nitrogens with one attached hydrogen (secondary N) is 1. The lowest BCUT2D eigenvalue weighted by atomic mass is 10.0. The van der Waals surface area contributed by atoms with Crippen molar-refractivity contribution in [2.24, 2.45) is 0 Å². The molecule has 0 aromatic carbocycles. The Bertz CT molecular complexity index is 600. The lowest BCUT2D eigenvalue weighted by Crippen LogP contribution is -2.47. The Labute approximate surface area is 127 Å². The van der Waals surface area contributed by atoms with Crippen LogP contribution in [0.3, 0.4) is 0 Å². The van der Waals surface area contributed by atoms with Gasteiger partial charge in [-0.3, -0.25) is 4.79 Å². The topological polar surface area (TPSA) is 132 Å². The monoisotopic (exact) mass is 309 g/mol. The number of aromatic nitrogens is 1. The molecule has 1 heterocycles. The second kappa shape index (κ2) is 7.39. The minimum atomic E-state index is -1.79. The fourth-order valence-corrected chi connectivity index (χ4v) is 2.04. The zero-order valence-electron chi connectivity index (χ0n) is 12.7. The number of nitrogen functional groups attached to an aromatic ring is 1. The first-order chi connectivity index (χ1) is 10.3. The van der Waals surface area contributed by atoms with E-state index in [1.165, 1.54) is 6.20 Å². The number of hydrogen-bond acceptors (Lipinski definition) is 6. The van der Waals surface area contributed by atoms with Gasteiger partial charge in [0.05, 0.1) is 11.9 Å². The molecule has 8 heteroatoms. The van der Waals surface area contributed by atoms with E-state index in [2.05, 4.69) is 4.98 Å². The molecule has 1 atom stereocenters. The highest BCUT2D eigenvalue weighted by atomic mass is 16.5. The molecule has 120 valence electrons. The molecular weight excluding hydrogens is 290 g/mol. The molecule has 0 radical (unpaired) electrons. The van der Waals surface area contributed by atoms with Crippen LogP contribution >= 0.6 is 0 Å². The first-order valence-electron chi connectivity index (χ1n) is 6.79. The predicted octanol–water partition coefficient (Wildman–Crippen LogP) is 0.283. The second-order valence-electron chi connectivity index (χ2n) is 4.58. The van der Waals surface area contributed by atoms with Crippen LogP contribution in [0.15, 0.2) is 6.20 Å². The highest BCUT2D eigenvalue weighted by Crippen LogP contribution is 2.26. The molecule has 0 saturated carbocycles. The minimum absolute atomic E-state index is 0.00940. The van der Waals surface area contributed by atoms with Crippen LogP contribution < -0.4 is 15.8 Å². The summed E-state index contributed by atoms with van der Waals surface area (Å²) in [5.41, 5.74) is 7.75. The molecule has 0 aliphatic carbocycles. The van der Waals surface area contributed by atoms with Crippen LogP contribution in [0.1, 0.15) is 31.9 Å². The van der Waals surface area contributed by atoms with E-state index in [-0.39, 0.29) is 5.88 Å². The Morgan fingerprint density at radius 1 is 1.32 bits per heavy atom. The summed E-state index contributed by atoms with van der Waals surface area (Å²) in [5, 5.41) is 11.0. The van der Waals surface area contributed by atoms with Crippen LogP contribution in [0.25, 0.3) is 0 Å². The molecule has 1 rings (SSSR count). The fourth-order valence-electron chi connectivity index (χ4n) is 2.04. The third kappa shape index (κ3) is 3.94. The van der Waals surface area contributed by atoms with Crippen molar-refractivity contribution in [2.75, 3.05) is 5.73 Å². The van der Waals surface area contributed by atoms with Gasteiger partial charge in [0.25, 0.3) is 0 Å². The third-order valence-electron chi connectivity index (χ3n) is 3.03. The quantitative estimate of drug-likeness (QED) is 0.508. The van der Waals surface area contributed by atoms with E-state index in [0.717, 1.165) is 12.5 Å². The van der Waals surface area contributed by atoms with Crippen LogP contribution in [0.2, 0.25) is 0 Å². The van der Waals surface area contributed by atoms with Crippen LogP contribution in [0.5, 0.6) is 5.88 Å². The van der Waals surface area contributed by atoms with Gasteiger partial charge in [-0.2, -0.15) is 0 Å². The molecule has 1 unspecified atom stereocenters. The van der Waals surface area contributed by atoms with Gasteiger partial charge >= 0.3 is 11.9 Å². The number of ether oxygens (including phenoxy) is 1. The van der Waals surface area contributed by atoms with Gasteiger partial charge in [0.2, 0.25) is 17.8 Å². The largest absolute Gasteiger partial charge is 0.479 e. The Morgan fingerprint density at radius 2 is 1.91 bits per heavy atom. The molecule has 0 bridgehead atoms. The van der Waals surface area contributed by atoms with E-state index < -0.39 is 23.9 Å². The van der Waals surface area contributed by atoms with Crippen LogP contribution in [0, 0.1) is 0 Å². The average Bonchev–Trinajstić information content (AvgIpc) is 2.45. The van der Waals surface area contributed by atoms with E-state index in [9.17, 15) is 14.4 Å².